The predicted octanol–water partition coefficient (Wildman–Crippen LogP) is 5.28. The Bertz CT molecular complexity index is 1310. The Morgan fingerprint density at radius 2 is 1.73 bits per heavy atom. The van der Waals surface area contributed by atoms with E-state index < -0.39 is 5.97 Å². The first-order valence-corrected chi connectivity index (χ1v) is 9.96. The maximum absolute atomic E-state index is 11.0. The van der Waals surface area contributed by atoms with Gasteiger partial charge in [0.2, 0.25) is 5.88 Å². The number of aryl methyl sites for hydroxylation is 1. The molecule has 0 bridgehead atoms. The minimum atomic E-state index is -1.17. The average molecular weight is 444 g/mol. The van der Waals surface area contributed by atoms with E-state index in [0.717, 1.165) is 11.6 Å². The molecule has 9 heteroatoms. The van der Waals surface area contributed by atoms with Crippen LogP contribution in [0.1, 0.15) is 21.6 Å². The minimum absolute atomic E-state index is 0.0615. The van der Waals surface area contributed by atoms with Crippen LogP contribution >= 0.6 is 0 Å². The van der Waals surface area contributed by atoms with Gasteiger partial charge in [-0.15, -0.1) is 10.2 Å². The number of aromatic hydroxyl groups is 2. The van der Waals surface area contributed by atoms with E-state index in [-0.39, 0.29) is 28.6 Å². The van der Waals surface area contributed by atoms with E-state index in [1.165, 1.54) is 16.8 Å². The van der Waals surface area contributed by atoms with Crippen molar-refractivity contribution in [3.05, 3.63) is 89.6 Å². The second kappa shape index (κ2) is 9.23. The Labute approximate surface area is 188 Å². The van der Waals surface area contributed by atoms with Gasteiger partial charge in [0, 0.05) is 0 Å². The topological polar surface area (TPSA) is 130 Å². The molecule has 0 fully saturated rings. The molecule has 3 N–H and O–H groups in total. The molecule has 33 heavy (non-hydrogen) atoms. The van der Waals surface area contributed by atoms with Crippen LogP contribution in [0.15, 0.2) is 83.0 Å². The van der Waals surface area contributed by atoms with Crippen molar-refractivity contribution < 1.29 is 24.9 Å². The number of carboxylic acid groups (broad SMARTS) is 1. The van der Waals surface area contributed by atoms with E-state index in [9.17, 15) is 15.0 Å². The zero-order chi connectivity index (χ0) is 23.4. The molecule has 0 saturated heterocycles. The van der Waals surface area contributed by atoms with Crippen molar-refractivity contribution in [3.8, 4) is 23.1 Å². The highest BCUT2D eigenvalue weighted by atomic mass is 16.5. The number of aromatic nitrogens is 2. The molecular formula is C24H20N4O5. The molecule has 0 aliphatic heterocycles. The summed E-state index contributed by atoms with van der Waals surface area (Å²) in [5.41, 5.74) is 2.18. The molecule has 4 rings (SSSR count). The van der Waals surface area contributed by atoms with Crippen molar-refractivity contribution in [1.82, 2.24) is 9.78 Å². The molecule has 1 heterocycles. The standard InChI is InChI=1S/C24H20N4O5/c1-15-22(26-25-20-12-7-17(24(31)32)13-21(20)29)23(30)28(27-15)18-8-10-19(11-9-18)33-14-16-5-3-2-4-6-16/h2-13,29-30H,14H2,1H3,(H,31,32). The Balaban J connectivity index is 1.51. The first-order chi connectivity index (χ1) is 15.9. The number of hydrogen-bond donors (Lipinski definition) is 3. The van der Waals surface area contributed by atoms with Crippen molar-refractivity contribution in [3.63, 3.8) is 0 Å². The van der Waals surface area contributed by atoms with E-state index in [1.807, 2.05) is 30.3 Å². The first-order valence-electron chi connectivity index (χ1n) is 9.96. The summed E-state index contributed by atoms with van der Waals surface area (Å²) in [4.78, 5) is 11.0. The fourth-order valence-electron chi connectivity index (χ4n) is 3.07. The number of carbonyl (C=O) groups is 1. The molecule has 0 amide bonds. The third kappa shape index (κ3) is 4.82. The number of benzene rings is 3. The molecule has 0 unspecified atom stereocenters. The SMILES string of the molecule is Cc1nn(-c2ccc(OCc3ccccc3)cc2)c(O)c1N=Nc1ccc(C(=O)O)cc1O. The summed E-state index contributed by atoms with van der Waals surface area (Å²) in [7, 11) is 0. The van der Waals surface area contributed by atoms with Crippen LogP contribution in [0.5, 0.6) is 17.4 Å². The van der Waals surface area contributed by atoms with Gasteiger partial charge in [-0.25, -0.2) is 4.79 Å². The van der Waals surface area contributed by atoms with Crippen LogP contribution in [0.25, 0.3) is 5.69 Å². The van der Waals surface area contributed by atoms with Crippen LogP contribution < -0.4 is 4.74 Å². The van der Waals surface area contributed by atoms with Gasteiger partial charge in [0.25, 0.3) is 0 Å². The molecular weight excluding hydrogens is 424 g/mol. The summed E-state index contributed by atoms with van der Waals surface area (Å²) in [6.45, 7) is 2.10. The summed E-state index contributed by atoms with van der Waals surface area (Å²) in [6.07, 6.45) is 0. The van der Waals surface area contributed by atoms with Crippen molar-refractivity contribution in [2.75, 3.05) is 0 Å². The molecule has 0 aliphatic rings. The molecule has 9 nitrogen and oxygen atoms in total. The number of carboxylic acids is 1. The Kier molecular flexibility index (Phi) is 6.03. The van der Waals surface area contributed by atoms with Gasteiger partial charge < -0.3 is 20.1 Å². The number of rotatable bonds is 7. The van der Waals surface area contributed by atoms with Crippen molar-refractivity contribution >= 4 is 17.3 Å². The van der Waals surface area contributed by atoms with Gasteiger partial charge in [-0.05, 0) is 55.0 Å². The highest BCUT2D eigenvalue weighted by Crippen LogP contribution is 2.35. The smallest absolute Gasteiger partial charge is 0.335 e. The number of azo groups is 1. The summed E-state index contributed by atoms with van der Waals surface area (Å²) in [5, 5.41) is 41.8. The van der Waals surface area contributed by atoms with Gasteiger partial charge in [0.05, 0.1) is 16.9 Å². The number of phenolic OH excluding ortho intramolecular Hbond substituents is 1. The van der Waals surface area contributed by atoms with Crippen LogP contribution in [-0.2, 0) is 6.61 Å². The fourth-order valence-corrected chi connectivity index (χ4v) is 3.07. The number of ether oxygens (including phenoxy) is 1. The molecule has 3 aromatic carbocycles. The van der Waals surface area contributed by atoms with Gasteiger partial charge in [-0.2, -0.15) is 9.78 Å². The maximum atomic E-state index is 11.0. The lowest BCUT2D eigenvalue weighted by Gasteiger charge is -2.08. The molecule has 4 aromatic rings. The van der Waals surface area contributed by atoms with Crippen LogP contribution in [0.4, 0.5) is 11.4 Å². The lowest BCUT2D eigenvalue weighted by atomic mass is 10.2. The molecule has 0 radical (unpaired) electrons. The van der Waals surface area contributed by atoms with E-state index in [2.05, 4.69) is 15.3 Å². The Morgan fingerprint density at radius 3 is 2.39 bits per heavy atom. The monoisotopic (exact) mass is 444 g/mol. The molecule has 0 aliphatic carbocycles. The molecule has 0 saturated carbocycles. The summed E-state index contributed by atoms with van der Waals surface area (Å²) >= 11 is 0. The van der Waals surface area contributed by atoms with E-state index in [0.29, 0.717) is 23.7 Å². The third-order valence-corrected chi connectivity index (χ3v) is 4.81. The fraction of sp³-hybridized carbons (Fsp3) is 0.0833. The third-order valence-electron chi connectivity index (χ3n) is 4.81. The minimum Gasteiger partial charge on any atom is -0.506 e. The zero-order valence-corrected chi connectivity index (χ0v) is 17.6. The summed E-state index contributed by atoms with van der Waals surface area (Å²) in [5.74, 6) is -1.06. The lowest BCUT2D eigenvalue weighted by molar-refractivity contribution is 0.0696. The highest BCUT2D eigenvalue weighted by molar-refractivity contribution is 5.88. The molecule has 166 valence electrons. The van der Waals surface area contributed by atoms with E-state index in [1.54, 1.807) is 31.2 Å². The second-order valence-electron chi connectivity index (χ2n) is 7.15. The maximum Gasteiger partial charge on any atom is 0.335 e. The lowest BCUT2D eigenvalue weighted by Crippen LogP contribution is -1.98. The van der Waals surface area contributed by atoms with Gasteiger partial charge in [-0.1, -0.05) is 30.3 Å². The molecule has 1 aromatic heterocycles. The Hall–Kier alpha value is -4.66. The van der Waals surface area contributed by atoms with Crippen LogP contribution in [0.3, 0.4) is 0 Å². The zero-order valence-electron chi connectivity index (χ0n) is 17.6. The van der Waals surface area contributed by atoms with Crippen LogP contribution in [-0.4, -0.2) is 31.1 Å². The number of aromatic carboxylic acids is 1. The second-order valence-corrected chi connectivity index (χ2v) is 7.15. The summed E-state index contributed by atoms with van der Waals surface area (Å²) in [6, 6.07) is 20.6. The van der Waals surface area contributed by atoms with E-state index >= 15 is 0 Å². The highest BCUT2D eigenvalue weighted by Gasteiger charge is 2.16. The van der Waals surface area contributed by atoms with Crippen molar-refractivity contribution in [2.24, 2.45) is 10.2 Å². The van der Waals surface area contributed by atoms with Crippen LogP contribution in [0, 0.1) is 6.92 Å². The van der Waals surface area contributed by atoms with Crippen molar-refractivity contribution in [2.45, 2.75) is 13.5 Å². The van der Waals surface area contributed by atoms with Crippen molar-refractivity contribution in [1.29, 1.82) is 0 Å². The van der Waals surface area contributed by atoms with E-state index in [4.69, 9.17) is 9.84 Å². The normalized spacial score (nSPS) is 11.1. The largest absolute Gasteiger partial charge is 0.506 e. The summed E-state index contributed by atoms with van der Waals surface area (Å²) < 4.78 is 7.10. The quantitative estimate of drug-likeness (QED) is 0.332. The first kappa shape index (κ1) is 21.6. The number of nitrogens with zero attached hydrogens (tertiary/aromatic N) is 4. The van der Waals surface area contributed by atoms with Crippen LogP contribution in [0.2, 0.25) is 0 Å². The van der Waals surface area contributed by atoms with Gasteiger partial charge >= 0.3 is 5.97 Å². The molecule has 0 spiro atoms. The number of hydrogen-bond acceptors (Lipinski definition) is 7. The average Bonchev–Trinajstić information content (AvgIpc) is 3.11. The predicted molar refractivity (Wildman–Crippen MR) is 120 cm³/mol. The van der Waals surface area contributed by atoms with Gasteiger partial charge in [0.15, 0.2) is 5.69 Å². The number of phenols is 1. The molecule has 0 atom stereocenters. The Morgan fingerprint density at radius 1 is 1.00 bits per heavy atom. The van der Waals surface area contributed by atoms with Gasteiger partial charge in [0.1, 0.15) is 23.8 Å². The van der Waals surface area contributed by atoms with Gasteiger partial charge in [-0.3, -0.25) is 0 Å².